The molecule has 0 aliphatic heterocycles. The minimum absolute atomic E-state index is 0.233. The van der Waals surface area contributed by atoms with Crippen molar-refractivity contribution in [3.63, 3.8) is 0 Å². The molecule has 2 rings (SSSR count). The second-order valence-electron chi connectivity index (χ2n) is 5.04. The van der Waals surface area contributed by atoms with Crippen LogP contribution in [0, 0.1) is 6.92 Å². The number of carbonyl (C=O) groups is 1. The van der Waals surface area contributed by atoms with Gasteiger partial charge in [0.1, 0.15) is 6.10 Å². The summed E-state index contributed by atoms with van der Waals surface area (Å²) < 4.78 is 5.08. The van der Waals surface area contributed by atoms with Gasteiger partial charge >= 0.3 is 5.97 Å². The summed E-state index contributed by atoms with van der Waals surface area (Å²) in [6.07, 6.45) is 0.655. The standard InChI is InChI=1S/C19H20O3/c1-3-22-19(21)17(13-15-7-5-4-6-8-15)18(20)16-11-9-14(2)10-12-16/h4-13,18,20H,3H2,1-2H3/b17-13-. The maximum absolute atomic E-state index is 12.2. The van der Waals surface area contributed by atoms with Gasteiger partial charge < -0.3 is 9.84 Å². The topological polar surface area (TPSA) is 46.5 Å². The van der Waals surface area contributed by atoms with Crippen molar-refractivity contribution in [2.24, 2.45) is 0 Å². The van der Waals surface area contributed by atoms with Gasteiger partial charge in [0.05, 0.1) is 12.2 Å². The lowest BCUT2D eigenvalue weighted by Gasteiger charge is -2.15. The number of ether oxygens (including phenoxy) is 1. The minimum Gasteiger partial charge on any atom is -0.463 e. The van der Waals surface area contributed by atoms with Crippen LogP contribution in [0.25, 0.3) is 6.08 Å². The number of carbonyl (C=O) groups excluding carboxylic acids is 1. The molecule has 0 amide bonds. The summed E-state index contributed by atoms with van der Waals surface area (Å²) in [5.41, 5.74) is 2.84. The van der Waals surface area contributed by atoms with Gasteiger partial charge in [-0.1, -0.05) is 60.2 Å². The van der Waals surface area contributed by atoms with E-state index in [4.69, 9.17) is 4.74 Å². The van der Waals surface area contributed by atoms with E-state index in [2.05, 4.69) is 0 Å². The highest BCUT2D eigenvalue weighted by Gasteiger charge is 2.21. The smallest absolute Gasteiger partial charge is 0.337 e. The predicted octanol–water partition coefficient (Wildman–Crippen LogP) is 3.68. The molecule has 0 aliphatic carbocycles. The van der Waals surface area contributed by atoms with E-state index in [-0.39, 0.29) is 12.2 Å². The molecular weight excluding hydrogens is 276 g/mol. The fourth-order valence-corrected chi connectivity index (χ4v) is 2.12. The van der Waals surface area contributed by atoms with Crippen molar-refractivity contribution in [2.75, 3.05) is 6.61 Å². The Morgan fingerprint density at radius 2 is 1.77 bits per heavy atom. The number of aryl methyl sites for hydroxylation is 1. The highest BCUT2D eigenvalue weighted by Crippen LogP contribution is 2.25. The third kappa shape index (κ3) is 4.06. The Morgan fingerprint density at radius 1 is 1.14 bits per heavy atom. The van der Waals surface area contributed by atoms with E-state index >= 15 is 0 Å². The zero-order valence-electron chi connectivity index (χ0n) is 12.8. The number of benzene rings is 2. The third-order valence-electron chi connectivity index (χ3n) is 3.32. The van der Waals surface area contributed by atoms with Crippen molar-refractivity contribution in [1.29, 1.82) is 0 Å². The molecule has 0 spiro atoms. The molecule has 0 saturated heterocycles. The highest BCUT2D eigenvalue weighted by atomic mass is 16.5. The molecule has 22 heavy (non-hydrogen) atoms. The SMILES string of the molecule is CCOC(=O)/C(=C\c1ccccc1)C(O)c1ccc(C)cc1. The molecule has 3 nitrogen and oxygen atoms in total. The number of hydrogen-bond acceptors (Lipinski definition) is 3. The molecule has 0 heterocycles. The summed E-state index contributed by atoms with van der Waals surface area (Å²) in [5, 5.41) is 10.6. The predicted molar refractivity (Wildman–Crippen MR) is 87.2 cm³/mol. The van der Waals surface area contributed by atoms with Crippen LogP contribution in [0.5, 0.6) is 0 Å². The van der Waals surface area contributed by atoms with Gasteiger partial charge in [0.25, 0.3) is 0 Å². The van der Waals surface area contributed by atoms with Crippen LogP contribution in [0.15, 0.2) is 60.2 Å². The Kier molecular flexibility index (Phi) is 5.50. The number of esters is 1. The van der Waals surface area contributed by atoms with Crippen LogP contribution >= 0.6 is 0 Å². The Hall–Kier alpha value is -2.39. The monoisotopic (exact) mass is 296 g/mol. The first-order valence-electron chi connectivity index (χ1n) is 7.30. The second kappa shape index (κ2) is 7.57. The van der Waals surface area contributed by atoms with Gasteiger partial charge in [0.2, 0.25) is 0 Å². The number of hydrogen-bond donors (Lipinski definition) is 1. The van der Waals surface area contributed by atoms with Crippen molar-refractivity contribution in [1.82, 2.24) is 0 Å². The van der Waals surface area contributed by atoms with E-state index in [1.165, 1.54) is 0 Å². The fourth-order valence-electron chi connectivity index (χ4n) is 2.12. The molecule has 0 aromatic heterocycles. The van der Waals surface area contributed by atoms with E-state index in [0.29, 0.717) is 5.56 Å². The van der Waals surface area contributed by atoms with Crippen LogP contribution < -0.4 is 0 Å². The van der Waals surface area contributed by atoms with Gasteiger partial charge in [-0.05, 0) is 31.1 Å². The van der Waals surface area contributed by atoms with E-state index in [9.17, 15) is 9.90 Å². The van der Waals surface area contributed by atoms with Crippen LogP contribution in [0.3, 0.4) is 0 Å². The molecule has 0 aliphatic rings. The zero-order chi connectivity index (χ0) is 15.9. The van der Waals surface area contributed by atoms with E-state index in [0.717, 1.165) is 11.1 Å². The zero-order valence-corrected chi connectivity index (χ0v) is 12.8. The molecule has 3 heteroatoms. The van der Waals surface area contributed by atoms with Gasteiger partial charge in [-0.3, -0.25) is 0 Å². The molecule has 0 bridgehead atoms. The molecule has 1 N–H and O–H groups in total. The summed E-state index contributed by atoms with van der Waals surface area (Å²) in [5.74, 6) is -0.501. The van der Waals surface area contributed by atoms with Crippen molar-refractivity contribution in [3.05, 3.63) is 76.9 Å². The first kappa shape index (κ1) is 16.0. The fraction of sp³-hybridized carbons (Fsp3) is 0.211. The van der Waals surface area contributed by atoms with Crippen molar-refractivity contribution in [2.45, 2.75) is 20.0 Å². The normalized spacial score (nSPS) is 12.8. The maximum Gasteiger partial charge on any atom is 0.337 e. The largest absolute Gasteiger partial charge is 0.463 e. The van der Waals surface area contributed by atoms with Crippen LogP contribution in [0.1, 0.15) is 29.7 Å². The first-order valence-corrected chi connectivity index (χ1v) is 7.30. The Balaban J connectivity index is 2.37. The average molecular weight is 296 g/mol. The Morgan fingerprint density at radius 3 is 2.36 bits per heavy atom. The van der Waals surface area contributed by atoms with E-state index in [1.807, 2.05) is 61.5 Å². The van der Waals surface area contributed by atoms with Gasteiger partial charge in [0.15, 0.2) is 0 Å². The van der Waals surface area contributed by atoms with E-state index in [1.54, 1.807) is 13.0 Å². The molecule has 1 unspecified atom stereocenters. The summed E-state index contributed by atoms with van der Waals surface area (Å²) in [7, 11) is 0. The van der Waals surface area contributed by atoms with Crippen molar-refractivity contribution in [3.8, 4) is 0 Å². The van der Waals surface area contributed by atoms with Crippen LogP contribution in [-0.4, -0.2) is 17.7 Å². The number of aliphatic hydroxyl groups is 1. The quantitative estimate of drug-likeness (QED) is 0.676. The van der Waals surface area contributed by atoms with Gasteiger partial charge in [-0.15, -0.1) is 0 Å². The molecule has 1 atom stereocenters. The lowest BCUT2D eigenvalue weighted by atomic mass is 9.98. The maximum atomic E-state index is 12.2. The van der Waals surface area contributed by atoms with Gasteiger partial charge in [0, 0.05) is 0 Å². The first-order chi connectivity index (χ1) is 10.6. The average Bonchev–Trinajstić information content (AvgIpc) is 2.54. The third-order valence-corrected chi connectivity index (χ3v) is 3.32. The van der Waals surface area contributed by atoms with Gasteiger partial charge in [-0.25, -0.2) is 4.79 Å². The summed E-state index contributed by atoms with van der Waals surface area (Å²) in [6.45, 7) is 3.99. The van der Waals surface area contributed by atoms with Crippen LogP contribution in [-0.2, 0) is 9.53 Å². The lowest BCUT2D eigenvalue weighted by Crippen LogP contribution is -2.14. The molecule has 0 saturated carbocycles. The van der Waals surface area contributed by atoms with Crippen molar-refractivity contribution < 1.29 is 14.6 Å². The molecule has 2 aromatic rings. The summed E-state index contributed by atoms with van der Waals surface area (Å²) >= 11 is 0. The second-order valence-corrected chi connectivity index (χ2v) is 5.04. The molecule has 0 fully saturated rings. The molecular formula is C19H20O3. The number of rotatable bonds is 5. The summed E-state index contributed by atoms with van der Waals surface area (Å²) in [4.78, 5) is 12.2. The highest BCUT2D eigenvalue weighted by molar-refractivity contribution is 5.95. The van der Waals surface area contributed by atoms with Crippen molar-refractivity contribution >= 4 is 12.0 Å². The summed E-state index contributed by atoms with van der Waals surface area (Å²) in [6, 6.07) is 16.9. The molecule has 2 aromatic carbocycles. The van der Waals surface area contributed by atoms with E-state index < -0.39 is 12.1 Å². The number of aliphatic hydroxyl groups excluding tert-OH is 1. The molecule has 114 valence electrons. The lowest BCUT2D eigenvalue weighted by molar-refractivity contribution is -0.139. The van der Waals surface area contributed by atoms with Gasteiger partial charge in [-0.2, -0.15) is 0 Å². The Labute approximate surface area is 130 Å². The van der Waals surface area contributed by atoms with Crippen LogP contribution in [0.4, 0.5) is 0 Å². The molecule has 0 radical (unpaired) electrons. The Bertz CT molecular complexity index is 642. The minimum atomic E-state index is -1.01. The van der Waals surface area contributed by atoms with Crippen LogP contribution in [0.2, 0.25) is 0 Å².